The molecule has 5 aromatic rings. The van der Waals surface area contributed by atoms with Crippen LogP contribution >= 0.6 is 0 Å². The molecule has 4 heterocycles. The molecule has 4 nitrogen and oxygen atoms in total. The maximum absolute atomic E-state index is 6.76. The Morgan fingerprint density at radius 2 is 1.08 bits per heavy atom. The normalized spacial score (nSPS) is 12.9. The molecule has 0 atom stereocenters. The quantitative estimate of drug-likeness (QED) is 0.246. The SMILES string of the molecule is CC(C)c1cc(C(C)C)c2c3c1Oc1ccc(-c4ccccn4)cc1B3c1cc(-c3ccccn3)ccc1O2. The Bertz CT molecular complexity index is 1590. The van der Waals surface area contributed by atoms with Gasteiger partial charge in [0.2, 0.25) is 0 Å². The number of fused-ring (bicyclic) bond motifs is 4. The van der Waals surface area contributed by atoms with Crippen LogP contribution in [0.4, 0.5) is 0 Å². The molecule has 2 aliphatic rings. The largest absolute Gasteiger partial charge is 0.458 e. The number of rotatable bonds is 4. The Hall–Kier alpha value is -4.38. The van der Waals surface area contributed by atoms with E-state index in [9.17, 15) is 0 Å². The van der Waals surface area contributed by atoms with Gasteiger partial charge in [-0.2, -0.15) is 0 Å². The molecular weight excluding hydrogens is 479 g/mol. The molecule has 0 amide bonds. The molecule has 3 aromatic carbocycles. The van der Waals surface area contributed by atoms with Gasteiger partial charge in [-0.15, -0.1) is 0 Å². The molecular formula is C34H29BN2O2. The van der Waals surface area contributed by atoms with Gasteiger partial charge in [-0.05, 0) is 99.6 Å². The summed E-state index contributed by atoms with van der Waals surface area (Å²) in [5, 5.41) is 0. The van der Waals surface area contributed by atoms with E-state index in [1.807, 2.05) is 36.7 Å². The summed E-state index contributed by atoms with van der Waals surface area (Å²) < 4.78 is 13.5. The molecule has 0 unspecified atom stereocenters. The first-order chi connectivity index (χ1) is 19.0. The van der Waals surface area contributed by atoms with E-state index in [1.165, 1.54) is 11.1 Å². The van der Waals surface area contributed by atoms with Crippen LogP contribution in [0.2, 0.25) is 0 Å². The zero-order valence-electron chi connectivity index (χ0n) is 22.6. The van der Waals surface area contributed by atoms with Gasteiger partial charge in [0.15, 0.2) is 0 Å². The van der Waals surface area contributed by atoms with Gasteiger partial charge in [-0.3, -0.25) is 9.97 Å². The average Bonchev–Trinajstić information content (AvgIpc) is 2.97. The third-order valence-corrected chi connectivity index (χ3v) is 7.84. The van der Waals surface area contributed by atoms with Crippen molar-refractivity contribution in [3.63, 3.8) is 0 Å². The van der Waals surface area contributed by atoms with Crippen molar-refractivity contribution in [2.24, 2.45) is 0 Å². The number of nitrogens with zero attached hydrogens (tertiary/aromatic N) is 2. The topological polar surface area (TPSA) is 44.2 Å². The van der Waals surface area contributed by atoms with Crippen molar-refractivity contribution < 1.29 is 9.47 Å². The smallest absolute Gasteiger partial charge is 0.260 e. The van der Waals surface area contributed by atoms with Crippen LogP contribution in [0.3, 0.4) is 0 Å². The Balaban J connectivity index is 1.52. The molecule has 2 aromatic heterocycles. The second-order valence-electron chi connectivity index (χ2n) is 11.0. The fourth-order valence-corrected chi connectivity index (χ4v) is 5.88. The standard InChI is InChI=1S/C34H29BN2O2/c1-20(2)24-19-25(21(3)4)34-32-33(24)38-30-13-11-22(28-9-5-7-15-36-28)17-26(30)35(32)27-18-23(12-14-31(27)39-34)29-10-6-8-16-37-29/h5-21H,1-4H3. The van der Waals surface area contributed by atoms with Crippen LogP contribution < -0.4 is 25.9 Å². The summed E-state index contributed by atoms with van der Waals surface area (Å²) in [6.07, 6.45) is 3.68. The molecule has 0 aliphatic carbocycles. The van der Waals surface area contributed by atoms with E-state index in [0.29, 0.717) is 11.8 Å². The first-order valence-corrected chi connectivity index (χ1v) is 13.7. The molecule has 0 N–H and O–H groups in total. The van der Waals surface area contributed by atoms with Crippen LogP contribution in [0.1, 0.15) is 50.7 Å². The van der Waals surface area contributed by atoms with E-state index in [-0.39, 0.29) is 6.71 Å². The van der Waals surface area contributed by atoms with Crippen LogP contribution in [-0.4, -0.2) is 16.7 Å². The van der Waals surface area contributed by atoms with Crippen molar-refractivity contribution in [3.8, 4) is 45.5 Å². The fourth-order valence-electron chi connectivity index (χ4n) is 5.88. The predicted octanol–water partition coefficient (Wildman–Crippen LogP) is 6.79. The summed E-state index contributed by atoms with van der Waals surface area (Å²) in [5.74, 6) is 4.24. The van der Waals surface area contributed by atoms with Crippen LogP contribution in [0.15, 0.2) is 91.3 Å². The van der Waals surface area contributed by atoms with Crippen LogP contribution in [0.25, 0.3) is 22.5 Å². The zero-order valence-corrected chi connectivity index (χ0v) is 22.6. The van der Waals surface area contributed by atoms with Gasteiger partial charge in [0.05, 0.1) is 11.4 Å². The van der Waals surface area contributed by atoms with E-state index in [1.54, 1.807) is 0 Å². The molecule has 7 rings (SSSR count). The molecule has 0 radical (unpaired) electrons. The number of benzene rings is 3. The Morgan fingerprint density at radius 1 is 0.590 bits per heavy atom. The maximum atomic E-state index is 6.76. The lowest BCUT2D eigenvalue weighted by atomic mass is 9.34. The number of aromatic nitrogens is 2. The molecule has 5 heteroatoms. The van der Waals surface area contributed by atoms with E-state index < -0.39 is 0 Å². The van der Waals surface area contributed by atoms with Gasteiger partial charge in [-0.25, -0.2) is 0 Å². The predicted molar refractivity (Wildman–Crippen MR) is 159 cm³/mol. The summed E-state index contributed by atoms with van der Waals surface area (Å²) >= 11 is 0. The highest BCUT2D eigenvalue weighted by Crippen LogP contribution is 2.43. The van der Waals surface area contributed by atoms with Crippen molar-refractivity contribution in [2.45, 2.75) is 39.5 Å². The third-order valence-electron chi connectivity index (χ3n) is 7.84. The summed E-state index contributed by atoms with van der Waals surface area (Å²) in [6, 6.07) is 27.2. The van der Waals surface area contributed by atoms with Crippen molar-refractivity contribution >= 4 is 23.1 Å². The first kappa shape index (κ1) is 23.7. The summed E-state index contributed by atoms with van der Waals surface area (Å²) in [7, 11) is 0. The minimum Gasteiger partial charge on any atom is -0.458 e. The molecule has 190 valence electrons. The number of ether oxygens (including phenoxy) is 2. The van der Waals surface area contributed by atoms with Crippen molar-refractivity contribution in [1.82, 2.24) is 9.97 Å². The highest BCUT2D eigenvalue weighted by atomic mass is 16.5. The molecule has 2 aliphatic heterocycles. The van der Waals surface area contributed by atoms with Gasteiger partial charge >= 0.3 is 0 Å². The first-order valence-electron chi connectivity index (χ1n) is 13.7. The van der Waals surface area contributed by atoms with E-state index in [4.69, 9.17) is 9.47 Å². The summed E-state index contributed by atoms with van der Waals surface area (Å²) in [5.41, 5.74) is 9.85. The molecule has 0 saturated carbocycles. The lowest BCUT2D eigenvalue weighted by Crippen LogP contribution is -2.58. The highest BCUT2D eigenvalue weighted by Gasteiger charge is 2.43. The molecule has 0 spiro atoms. The van der Waals surface area contributed by atoms with Crippen molar-refractivity contribution in [3.05, 3.63) is 102 Å². The minimum absolute atomic E-state index is 0.0361. The Labute approximate surface area is 229 Å². The summed E-state index contributed by atoms with van der Waals surface area (Å²) in [4.78, 5) is 9.25. The van der Waals surface area contributed by atoms with Crippen LogP contribution in [0.5, 0.6) is 23.0 Å². The molecule has 39 heavy (non-hydrogen) atoms. The highest BCUT2D eigenvalue weighted by molar-refractivity contribution is 6.98. The van der Waals surface area contributed by atoms with E-state index in [2.05, 4.69) is 92.3 Å². The van der Waals surface area contributed by atoms with Gasteiger partial charge in [-0.1, -0.05) is 52.0 Å². The lowest BCUT2D eigenvalue weighted by Gasteiger charge is -2.36. The Kier molecular flexibility index (Phi) is 5.55. The lowest BCUT2D eigenvalue weighted by molar-refractivity contribution is 0.452. The second-order valence-corrected chi connectivity index (χ2v) is 11.0. The number of pyridine rings is 2. The van der Waals surface area contributed by atoms with Gasteiger partial charge in [0.25, 0.3) is 6.71 Å². The minimum atomic E-state index is -0.0361. The zero-order chi connectivity index (χ0) is 26.7. The molecule has 0 bridgehead atoms. The monoisotopic (exact) mass is 508 g/mol. The van der Waals surface area contributed by atoms with Gasteiger partial charge in [0, 0.05) is 17.9 Å². The van der Waals surface area contributed by atoms with Crippen LogP contribution in [0, 0.1) is 0 Å². The average molecular weight is 508 g/mol. The number of hydrogen-bond donors (Lipinski definition) is 0. The molecule has 0 fully saturated rings. The van der Waals surface area contributed by atoms with Gasteiger partial charge < -0.3 is 9.47 Å². The van der Waals surface area contributed by atoms with Crippen molar-refractivity contribution in [2.75, 3.05) is 0 Å². The van der Waals surface area contributed by atoms with Crippen molar-refractivity contribution in [1.29, 1.82) is 0 Å². The van der Waals surface area contributed by atoms with Gasteiger partial charge in [0.1, 0.15) is 23.0 Å². The maximum Gasteiger partial charge on any atom is 0.260 e. The Morgan fingerprint density at radius 3 is 1.49 bits per heavy atom. The van der Waals surface area contributed by atoms with E-state index in [0.717, 1.165) is 61.9 Å². The number of hydrogen-bond acceptors (Lipinski definition) is 4. The second kappa shape index (κ2) is 9.13. The summed E-state index contributed by atoms with van der Waals surface area (Å²) in [6.45, 7) is 8.90. The van der Waals surface area contributed by atoms with E-state index >= 15 is 0 Å². The molecule has 0 saturated heterocycles. The fraction of sp³-hybridized carbons (Fsp3) is 0.176. The van der Waals surface area contributed by atoms with Crippen LogP contribution in [-0.2, 0) is 0 Å². The third kappa shape index (κ3) is 3.84.